The number of hydrogen-bond acceptors (Lipinski definition) is 5. The van der Waals surface area contributed by atoms with Crippen LogP contribution < -0.4 is 10.2 Å². The van der Waals surface area contributed by atoms with Crippen LogP contribution in [0.3, 0.4) is 0 Å². The van der Waals surface area contributed by atoms with E-state index in [9.17, 15) is 14.4 Å². The summed E-state index contributed by atoms with van der Waals surface area (Å²) in [6, 6.07) is 10.8. The molecule has 0 aliphatic carbocycles. The van der Waals surface area contributed by atoms with Gasteiger partial charge in [0.2, 0.25) is 0 Å². The Morgan fingerprint density at radius 2 is 1.83 bits per heavy atom. The summed E-state index contributed by atoms with van der Waals surface area (Å²) in [6.07, 6.45) is 1.68. The van der Waals surface area contributed by atoms with Crippen molar-refractivity contribution >= 4 is 64.0 Å². The zero-order valence-electron chi connectivity index (χ0n) is 15.9. The SMILES string of the molecule is CCCCOC(=O)c1cccc(NC2=C(Cl)C(=O)N(c3cc(Cl)ccc3Cl)C2=O)c1. The van der Waals surface area contributed by atoms with Gasteiger partial charge < -0.3 is 10.1 Å². The molecule has 0 unspecified atom stereocenters. The predicted molar refractivity (Wildman–Crippen MR) is 117 cm³/mol. The molecule has 2 aromatic rings. The van der Waals surface area contributed by atoms with Gasteiger partial charge in [0.15, 0.2) is 0 Å². The van der Waals surface area contributed by atoms with Crippen molar-refractivity contribution in [1.29, 1.82) is 0 Å². The summed E-state index contributed by atoms with van der Waals surface area (Å²) in [5, 5.41) is 3.00. The van der Waals surface area contributed by atoms with Crippen molar-refractivity contribution in [3.05, 3.63) is 68.8 Å². The molecule has 2 amide bonds. The van der Waals surface area contributed by atoms with Crippen LogP contribution in [0.25, 0.3) is 0 Å². The molecule has 3 rings (SSSR count). The fourth-order valence-electron chi connectivity index (χ4n) is 2.75. The van der Waals surface area contributed by atoms with Crippen LogP contribution in [0.15, 0.2) is 53.2 Å². The van der Waals surface area contributed by atoms with Crippen molar-refractivity contribution in [2.24, 2.45) is 0 Å². The maximum atomic E-state index is 12.9. The number of carbonyl (C=O) groups excluding carboxylic acids is 3. The molecule has 30 heavy (non-hydrogen) atoms. The van der Waals surface area contributed by atoms with Gasteiger partial charge >= 0.3 is 5.97 Å². The first-order valence-electron chi connectivity index (χ1n) is 9.11. The summed E-state index contributed by atoms with van der Waals surface area (Å²) >= 11 is 18.2. The van der Waals surface area contributed by atoms with E-state index < -0.39 is 17.8 Å². The second-order valence-electron chi connectivity index (χ2n) is 6.43. The van der Waals surface area contributed by atoms with E-state index in [2.05, 4.69) is 5.32 Å². The molecule has 156 valence electrons. The number of nitrogens with zero attached hydrogens (tertiary/aromatic N) is 1. The molecule has 0 aromatic heterocycles. The van der Waals surface area contributed by atoms with Crippen molar-refractivity contribution < 1.29 is 19.1 Å². The lowest BCUT2D eigenvalue weighted by Gasteiger charge is -2.17. The van der Waals surface area contributed by atoms with Crippen molar-refractivity contribution in [2.75, 3.05) is 16.8 Å². The Labute approximate surface area is 188 Å². The average Bonchev–Trinajstić information content (AvgIpc) is 2.93. The molecule has 1 aliphatic heterocycles. The molecule has 0 saturated heterocycles. The Morgan fingerprint density at radius 3 is 2.57 bits per heavy atom. The minimum atomic E-state index is -0.733. The van der Waals surface area contributed by atoms with Gasteiger partial charge in [-0.2, -0.15) is 0 Å². The summed E-state index contributed by atoms with van der Waals surface area (Å²) < 4.78 is 5.19. The monoisotopic (exact) mass is 466 g/mol. The van der Waals surface area contributed by atoms with Crippen LogP contribution in [0, 0.1) is 0 Å². The number of carbonyl (C=O) groups is 3. The summed E-state index contributed by atoms with van der Waals surface area (Å²) in [5.74, 6) is -1.90. The number of nitrogens with one attached hydrogen (secondary N) is 1. The van der Waals surface area contributed by atoms with Gasteiger partial charge in [-0.1, -0.05) is 54.2 Å². The molecule has 6 nitrogen and oxygen atoms in total. The van der Waals surface area contributed by atoms with Crippen LogP contribution >= 0.6 is 34.8 Å². The number of unbranched alkanes of at least 4 members (excludes halogenated alkanes) is 1. The molecular formula is C21H17Cl3N2O4. The Kier molecular flexibility index (Phi) is 7.02. The lowest BCUT2D eigenvalue weighted by molar-refractivity contribution is -0.120. The van der Waals surface area contributed by atoms with Crippen molar-refractivity contribution in [2.45, 2.75) is 19.8 Å². The van der Waals surface area contributed by atoms with E-state index in [1.807, 2.05) is 6.92 Å². The first-order chi connectivity index (χ1) is 14.3. The number of esters is 1. The normalized spacial score (nSPS) is 13.8. The lowest BCUT2D eigenvalue weighted by atomic mass is 10.2. The standard InChI is InChI=1S/C21H17Cl3N2O4/c1-2-3-9-30-21(29)12-5-4-6-14(10-12)25-18-17(24)19(27)26(20(18)28)16-11-13(22)7-8-15(16)23/h4-8,10-11,25H,2-3,9H2,1H3. The van der Waals surface area contributed by atoms with Gasteiger partial charge in [-0.05, 0) is 42.8 Å². The molecule has 1 aliphatic rings. The zero-order valence-corrected chi connectivity index (χ0v) is 18.1. The van der Waals surface area contributed by atoms with Gasteiger partial charge in [-0.25, -0.2) is 9.69 Å². The number of imide groups is 1. The Bertz CT molecular complexity index is 1050. The second-order valence-corrected chi connectivity index (χ2v) is 7.65. The topological polar surface area (TPSA) is 75.7 Å². The quantitative estimate of drug-likeness (QED) is 0.336. The molecule has 1 heterocycles. The molecule has 0 bridgehead atoms. The number of halogens is 3. The Balaban J connectivity index is 1.82. The summed E-state index contributed by atoms with van der Waals surface area (Å²) in [6.45, 7) is 2.32. The third kappa shape index (κ3) is 4.61. The molecule has 0 saturated carbocycles. The van der Waals surface area contributed by atoms with Crippen molar-refractivity contribution in [3.8, 4) is 0 Å². The van der Waals surface area contributed by atoms with Crippen LogP contribution in [0.1, 0.15) is 30.1 Å². The summed E-state index contributed by atoms with van der Waals surface area (Å²) in [5.41, 5.74) is 0.698. The summed E-state index contributed by atoms with van der Waals surface area (Å²) in [4.78, 5) is 38.5. The lowest BCUT2D eigenvalue weighted by Crippen LogP contribution is -2.32. The maximum Gasteiger partial charge on any atom is 0.338 e. The van der Waals surface area contributed by atoms with Gasteiger partial charge in [-0.3, -0.25) is 9.59 Å². The van der Waals surface area contributed by atoms with Gasteiger partial charge in [0.1, 0.15) is 10.7 Å². The molecular weight excluding hydrogens is 451 g/mol. The van der Waals surface area contributed by atoms with Crippen LogP contribution in [0.5, 0.6) is 0 Å². The molecule has 1 N–H and O–H groups in total. The number of rotatable bonds is 7. The van der Waals surface area contributed by atoms with Crippen LogP contribution in [0.4, 0.5) is 11.4 Å². The molecule has 0 spiro atoms. The third-order valence-corrected chi connectivity index (χ3v) is 5.18. The number of hydrogen-bond donors (Lipinski definition) is 1. The van der Waals surface area contributed by atoms with Crippen molar-refractivity contribution in [1.82, 2.24) is 0 Å². The van der Waals surface area contributed by atoms with Crippen LogP contribution in [-0.4, -0.2) is 24.4 Å². The fraction of sp³-hybridized carbons (Fsp3) is 0.190. The van der Waals surface area contributed by atoms with E-state index in [1.165, 1.54) is 24.3 Å². The number of anilines is 2. The largest absolute Gasteiger partial charge is 0.462 e. The highest BCUT2D eigenvalue weighted by Crippen LogP contribution is 2.35. The van der Waals surface area contributed by atoms with Crippen LogP contribution in [-0.2, 0) is 14.3 Å². The minimum absolute atomic E-state index is 0.127. The van der Waals surface area contributed by atoms with Gasteiger partial charge in [-0.15, -0.1) is 0 Å². The van der Waals surface area contributed by atoms with Gasteiger partial charge in [0.05, 0.1) is 22.9 Å². The van der Waals surface area contributed by atoms with E-state index in [4.69, 9.17) is 39.5 Å². The molecule has 0 atom stereocenters. The van der Waals surface area contributed by atoms with E-state index in [0.717, 1.165) is 17.7 Å². The highest BCUT2D eigenvalue weighted by Gasteiger charge is 2.40. The number of benzene rings is 2. The van der Waals surface area contributed by atoms with E-state index in [-0.39, 0.29) is 21.4 Å². The first-order valence-corrected chi connectivity index (χ1v) is 10.2. The maximum absolute atomic E-state index is 12.9. The molecule has 9 heteroatoms. The zero-order chi connectivity index (χ0) is 21.8. The Hall–Kier alpha value is -2.54. The van der Waals surface area contributed by atoms with Crippen molar-refractivity contribution in [3.63, 3.8) is 0 Å². The highest BCUT2D eigenvalue weighted by molar-refractivity contribution is 6.54. The van der Waals surface area contributed by atoms with E-state index in [0.29, 0.717) is 22.9 Å². The third-order valence-electron chi connectivity index (χ3n) is 4.28. The summed E-state index contributed by atoms with van der Waals surface area (Å²) in [7, 11) is 0. The van der Waals surface area contributed by atoms with E-state index >= 15 is 0 Å². The predicted octanol–water partition coefficient (Wildman–Crippen LogP) is 5.39. The Morgan fingerprint density at radius 1 is 1.07 bits per heavy atom. The second kappa shape index (κ2) is 9.51. The molecule has 0 radical (unpaired) electrons. The number of ether oxygens (including phenoxy) is 1. The first kappa shape index (κ1) is 22.2. The van der Waals surface area contributed by atoms with E-state index in [1.54, 1.807) is 18.2 Å². The average molecular weight is 468 g/mol. The number of amides is 2. The highest BCUT2D eigenvalue weighted by atomic mass is 35.5. The smallest absolute Gasteiger partial charge is 0.338 e. The molecule has 0 fully saturated rings. The van der Waals surface area contributed by atoms with Gasteiger partial charge in [0, 0.05) is 10.7 Å². The minimum Gasteiger partial charge on any atom is -0.462 e. The van der Waals surface area contributed by atoms with Crippen LogP contribution in [0.2, 0.25) is 10.0 Å². The fourth-order valence-corrected chi connectivity index (χ4v) is 3.33. The molecule has 2 aromatic carbocycles. The van der Waals surface area contributed by atoms with Gasteiger partial charge in [0.25, 0.3) is 11.8 Å².